The number of phenols is 1. The molecular formula is C18H15NO. The number of hydrogen-bond acceptors (Lipinski definition) is 2. The van der Waals surface area contributed by atoms with Crippen molar-refractivity contribution in [3.8, 4) is 28.0 Å². The van der Waals surface area contributed by atoms with E-state index >= 15 is 0 Å². The van der Waals surface area contributed by atoms with Crippen molar-refractivity contribution in [3.05, 3.63) is 72.8 Å². The number of benzene rings is 3. The van der Waals surface area contributed by atoms with E-state index in [1.807, 2.05) is 54.6 Å². The molecule has 0 amide bonds. The van der Waals surface area contributed by atoms with Gasteiger partial charge in [-0.1, -0.05) is 48.5 Å². The maximum atomic E-state index is 9.95. The molecule has 98 valence electrons. The summed E-state index contributed by atoms with van der Waals surface area (Å²) in [6, 6.07) is 23.2. The zero-order chi connectivity index (χ0) is 13.9. The Labute approximate surface area is 118 Å². The Morgan fingerprint density at radius 2 is 1.35 bits per heavy atom. The highest BCUT2D eigenvalue weighted by Crippen LogP contribution is 2.31. The molecule has 0 bridgehead atoms. The first-order valence-electron chi connectivity index (χ1n) is 6.48. The summed E-state index contributed by atoms with van der Waals surface area (Å²) in [7, 11) is 0. The van der Waals surface area contributed by atoms with Gasteiger partial charge in [-0.15, -0.1) is 0 Å². The van der Waals surface area contributed by atoms with Crippen molar-refractivity contribution in [1.29, 1.82) is 0 Å². The Morgan fingerprint density at radius 3 is 2.10 bits per heavy atom. The number of phenolic OH excluding ortho intramolecular Hbond substituents is 1. The van der Waals surface area contributed by atoms with Gasteiger partial charge >= 0.3 is 0 Å². The van der Waals surface area contributed by atoms with Gasteiger partial charge in [0.1, 0.15) is 5.75 Å². The summed E-state index contributed by atoms with van der Waals surface area (Å²) in [5, 5.41) is 9.95. The minimum Gasteiger partial charge on any atom is -0.507 e. The molecule has 0 aromatic heterocycles. The fraction of sp³-hybridized carbons (Fsp3) is 0. The van der Waals surface area contributed by atoms with E-state index in [2.05, 4.69) is 12.1 Å². The molecule has 0 heterocycles. The third-order valence-corrected chi connectivity index (χ3v) is 3.32. The number of aromatic hydroxyl groups is 1. The average molecular weight is 261 g/mol. The van der Waals surface area contributed by atoms with Crippen molar-refractivity contribution in [2.24, 2.45) is 0 Å². The molecule has 0 saturated heterocycles. The Bertz CT molecular complexity index is 732. The van der Waals surface area contributed by atoms with E-state index < -0.39 is 0 Å². The summed E-state index contributed by atoms with van der Waals surface area (Å²) < 4.78 is 0. The molecule has 0 aliphatic carbocycles. The van der Waals surface area contributed by atoms with Crippen LogP contribution < -0.4 is 5.73 Å². The Balaban J connectivity index is 2.06. The summed E-state index contributed by atoms with van der Waals surface area (Å²) in [6.45, 7) is 0. The number of anilines is 1. The SMILES string of the molecule is Nc1ccc(-c2cccc(-c3ccccc3O)c2)cc1. The van der Waals surface area contributed by atoms with Crippen LogP contribution in [0, 0.1) is 0 Å². The number of hydrogen-bond donors (Lipinski definition) is 2. The number of para-hydroxylation sites is 1. The molecule has 0 atom stereocenters. The maximum absolute atomic E-state index is 9.95. The van der Waals surface area contributed by atoms with Crippen molar-refractivity contribution < 1.29 is 5.11 Å². The van der Waals surface area contributed by atoms with E-state index in [9.17, 15) is 5.11 Å². The highest BCUT2D eigenvalue weighted by molar-refractivity contribution is 5.76. The molecule has 0 radical (unpaired) electrons. The van der Waals surface area contributed by atoms with Gasteiger partial charge in [-0.05, 0) is 41.0 Å². The summed E-state index contributed by atoms with van der Waals surface area (Å²) in [4.78, 5) is 0. The van der Waals surface area contributed by atoms with Crippen molar-refractivity contribution in [3.63, 3.8) is 0 Å². The minimum absolute atomic E-state index is 0.293. The quantitative estimate of drug-likeness (QED) is 0.675. The van der Waals surface area contributed by atoms with Crippen LogP contribution in [0.25, 0.3) is 22.3 Å². The predicted octanol–water partition coefficient (Wildman–Crippen LogP) is 4.31. The van der Waals surface area contributed by atoms with Gasteiger partial charge in [0.05, 0.1) is 0 Å². The average Bonchev–Trinajstić information content (AvgIpc) is 2.49. The number of nitrogen functional groups attached to an aromatic ring is 1. The Kier molecular flexibility index (Phi) is 3.13. The lowest BCUT2D eigenvalue weighted by Crippen LogP contribution is -1.85. The Hall–Kier alpha value is -2.74. The fourth-order valence-corrected chi connectivity index (χ4v) is 2.26. The fourth-order valence-electron chi connectivity index (χ4n) is 2.26. The summed E-state index contributed by atoms with van der Waals surface area (Å²) in [6.07, 6.45) is 0. The van der Waals surface area contributed by atoms with Crippen LogP contribution >= 0.6 is 0 Å². The number of nitrogens with two attached hydrogens (primary N) is 1. The lowest BCUT2D eigenvalue weighted by molar-refractivity contribution is 0.477. The smallest absolute Gasteiger partial charge is 0.123 e. The first kappa shape index (κ1) is 12.3. The van der Waals surface area contributed by atoms with Crippen molar-refractivity contribution in [2.75, 3.05) is 5.73 Å². The molecule has 2 nitrogen and oxygen atoms in total. The van der Waals surface area contributed by atoms with Gasteiger partial charge in [-0.3, -0.25) is 0 Å². The van der Waals surface area contributed by atoms with Crippen LogP contribution in [-0.2, 0) is 0 Å². The molecule has 0 aliphatic heterocycles. The molecule has 0 spiro atoms. The zero-order valence-corrected chi connectivity index (χ0v) is 11.0. The topological polar surface area (TPSA) is 46.2 Å². The van der Waals surface area contributed by atoms with E-state index in [1.165, 1.54) is 0 Å². The van der Waals surface area contributed by atoms with Gasteiger partial charge in [-0.2, -0.15) is 0 Å². The van der Waals surface area contributed by atoms with Crippen molar-refractivity contribution >= 4 is 5.69 Å². The van der Waals surface area contributed by atoms with Crippen LogP contribution in [0.2, 0.25) is 0 Å². The highest BCUT2D eigenvalue weighted by Gasteiger charge is 2.05. The van der Waals surface area contributed by atoms with Crippen LogP contribution in [0.3, 0.4) is 0 Å². The standard InChI is InChI=1S/C18H15NO/c19-16-10-8-13(9-11-16)14-4-3-5-15(12-14)17-6-1-2-7-18(17)20/h1-12,20H,19H2. The molecule has 3 aromatic carbocycles. The van der Waals surface area contributed by atoms with Gasteiger partial charge in [-0.25, -0.2) is 0 Å². The van der Waals surface area contributed by atoms with Crippen LogP contribution in [0.5, 0.6) is 5.75 Å². The van der Waals surface area contributed by atoms with Gasteiger partial charge in [0.25, 0.3) is 0 Å². The van der Waals surface area contributed by atoms with Crippen LogP contribution in [0.15, 0.2) is 72.8 Å². The van der Waals surface area contributed by atoms with Crippen molar-refractivity contribution in [1.82, 2.24) is 0 Å². The molecular weight excluding hydrogens is 246 g/mol. The predicted molar refractivity (Wildman–Crippen MR) is 83.4 cm³/mol. The third-order valence-electron chi connectivity index (χ3n) is 3.32. The second kappa shape index (κ2) is 5.10. The second-order valence-electron chi connectivity index (χ2n) is 4.72. The summed E-state index contributed by atoms with van der Waals surface area (Å²) in [5.74, 6) is 0.293. The molecule has 3 aromatic rings. The molecule has 0 unspecified atom stereocenters. The third kappa shape index (κ3) is 2.36. The second-order valence-corrected chi connectivity index (χ2v) is 4.72. The number of rotatable bonds is 2. The van der Waals surface area contributed by atoms with Crippen LogP contribution in [0.4, 0.5) is 5.69 Å². The minimum atomic E-state index is 0.293. The normalized spacial score (nSPS) is 10.4. The molecule has 3 rings (SSSR count). The van der Waals surface area contributed by atoms with E-state index in [4.69, 9.17) is 5.73 Å². The molecule has 0 aliphatic rings. The summed E-state index contributed by atoms with van der Waals surface area (Å²) >= 11 is 0. The van der Waals surface area contributed by atoms with E-state index in [0.717, 1.165) is 27.9 Å². The molecule has 3 N–H and O–H groups in total. The lowest BCUT2D eigenvalue weighted by atomic mass is 9.98. The molecule has 2 heteroatoms. The van der Waals surface area contributed by atoms with Gasteiger partial charge < -0.3 is 10.8 Å². The largest absolute Gasteiger partial charge is 0.507 e. The van der Waals surface area contributed by atoms with Crippen molar-refractivity contribution in [2.45, 2.75) is 0 Å². The molecule has 0 saturated carbocycles. The Morgan fingerprint density at radius 1 is 0.650 bits per heavy atom. The van der Waals surface area contributed by atoms with E-state index in [1.54, 1.807) is 6.07 Å². The molecule has 20 heavy (non-hydrogen) atoms. The summed E-state index contributed by atoms with van der Waals surface area (Å²) in [5.41, 5.74) is 10.5. The zero-order valence-electron chi connectivity index (χ0n) is 11.0. The highest BCUT2D eigenvalue weighted by atomic mass is 16.3. The van der Waals surface area contributed by atoms with E-state index in [0.29, 0.717) is 5.75 Å². The lowest BCUT2D eigenvalue weighted by Gasteiger charge is -2.08. The van der Waals surface area contributed by atoms with Gasteiger partial charge in [0, 0.05) is 11.3 Å². The van der Waals surface area contributed by atoms with Crippen LogP contribution in [0.1, 0.15) is 0 Å². The van der Waals surface area contributed by atoms with Crippen LogP contribution in [-0.4, -0.2) is 5.11 Å². The first-order valence-corrected chi connectivity index (χ1v) is 6.48. The van der Waals surface area contributed by atoms with Gasteiger partial charge in [0.15, 0.2) is 0 Å². The van der Waals surface area contributed by atoms with Gasteiger partial charge in [0.2, 0.25) is 0 Å². The first-order chi connectivity index (χ1) is 9.74. The molecule has 0 fully saturated rings. The van der Waals surface area contributed by atoms with E-state index in [-0.39, 0.29) is 0 Å². The maximum Gasteiger partial charge on any atom is 0.123 e. The monoisotopic (exact) mass is 261 g/mol.